The smallest absolute Gasteiger partial charge is 0.348 e. The quantitative estimate of drug-likeness (QED) is 0.858. The first-order valence-corrected chi connectivity index (χ1v) is 6.07. The van der Waals surface area contributed by atoms with Gasteiger partial charge in [-0.2, -0.15) is 13.2 Å². The largest absolute Gasteiger partial charge is 0.416 e. The minimum atomic E-state index is -4.49. The number of carbonyl (C=O) groups is 1. The second kappa shape index (κ2) is 5.95. The molecular weight excluding hydrogens is 286 g/mol. The Hall–Kier alpha value is -2.37. The number of benzene rings is 2. The molecule has 0 bridgehead atoms. The lowest BCUT2D eigenvalue weighted by molar-refractivity contribution is -0.138. The summed E-state index contributed by atoms with van der Waals surface area (Å²) in [6, 6.07) is 9.90. The van der Waals surface area contributed by atoms with Crippen LogP contribution in [0.15, 0.2) is 48.5 Å². The van der Waals surface area contributed by atoms with Crippen molar-refractivity contribution in [2.45, 2.75) is 12.7 Å². The highest BCUT2D eigenvalue weighted by Gasteiger charge is 2.32. The normalized spacial score (nSPS) is 11.2. The van der Waals surface area contributed by atoms with Crippen molar-refractivity contribution in [3.8, 4) is 0 Å². The highest BCUT2D eigenvalue weighted by atomic mass is 19.4. The maximum atomic E-state index is 13.0. The first-order valence-electron chi connectivity index (χ1n) is 6.07. The third-order valence-electron chi connectivity index (χ3n) is 2.85. The van der Waals surface area contributed by atoms with E-state index < -0.39 is 23.5 Å². The summed E-state index contributed by atoms with van der Waals surface area (Å²) in [7, 11) is 0. The van der Waals surface area contributed by atoms with E-state index in [0.29, 0.717) is 0 Å². The molecule has 0 heterocycles. The van der Waals surface area contributed by atoms with Gasteiger partial charge in [0, 0.05) is 12.1 Å². The van der Waals surface area contributed by atoms with Crippen LogP contribution in [0.3, 0.4) is 0 Å². The molecule has 110 valence electrons. The van der Waals surface area contributed by atoms with Gasteiger partial charge in [-0.05, 0) is 29.8 Å². The lowest BCUT2D eigenvalue weighted by Crippen LogP contribution is -2.24. The van der Waals surface area contributed by atoms with Crippen molar-refractivity contribution < 1.29 is 22.4 Å². The minimum absolute atomic E-state index is 0.0465. The number of amides is 1. The molecule has 2 rings (SSSR count). The highest BCUT2D eigenvalue weighted by molar-refractivity contribution is 5.94. The summed E-state index contributed by atoms with van der Waals surface area (Å²) in [6.07, 6.45) is -4.49. The van der Waals surface area contributed by atoms with Crippen LogP contribution in [0.1, 0.15) is 21.5 Å². The van der Waals surface area contributed by atoms with Gasteiger partial charge >= 0.3 is 6.18 Å². The van der Waals surface area contributed by atoms with Gasteiger partial charge in [-0.3, -0.25) is 4.79 Å². The van der Waals surface area contributed by atoms with Gasteiger partial charge in [0.25, 0.3) is 5.91 Å². The zero-order valence-corrected chi connectivity index (χ0v) is 10.7. The zero-order chi connectivity index (χ0) is 15.5. The van der Waals surface area contributed by atoms with E-state index in [1.807, 2.05) is 0 Å². The van der Waals surface area contributed by atoms with Crippen molar-refractivity contribution in [1.29, 1.82) is 0 Å². The second-order valence-electron chi connectivity index (χ2n) is 4.35. The van der Waals surface area contributed by atoms with Crippen molar-refractivity contribution >= 4 is 5.91 Å². The molecular formula is C15H11F4NO. The summed E-state index contributed by atoms with van der Waals surface area (Å²) in [6.45, 7) is -0.287. The van der Waals surface area contributed by atoms with E-state index in [0.717, 1.165) is 12.1 Å². The standard InChI is InChI=1S/C15H11F4NO/c16-12-6-3-5-10(8-12)14(21)20-9-11-4-1-2-7-13(11)15(17,18)19/h1-8H,9H2,(H,20,21). The van der Waals surface area contributed by atoms with Gasteiger partial charge < -0.3 is 5.32 Å². The lowest BCUT2D eigenvalue weighted by atomic mass is 10.1. The molecule has 0 aliphatic carbocycles. The number of rotatable bonds is 3. The molecule has 2 aromatic carbocycles. The highest BCUT2D eigenvalue weighted by Crippen LogP contribution is 2.31. The monoisotopic (exact) mass is 297 g/mol. The van der Waals surface area contributed by atoms with Crippen LogP contribution >= 0.6 is 0 Å². The predicted molar refractivity (Wildman–Crippen MR) is 69.0 cm³/mol. The van der Waals surface area contributed by atoms with Crippen LogP contribution in [0.4, 0.5) is 17.6 Å². The van der Waals surface area contributed by atoms with Gasteiger partial charge in [-0.25, -0.2) is 4.39 Å². The lowest BCUT2D eigenvalue weighted by Gasteiger charge is -2.13. The van der Waals surface area contributed by atoms with Crippen molar-refractivity contribution in [1.82, 2.24) is 5.32 Å². The summed E-state index contributed by atoms with van der Waals surface area (Å²) in [5, 5.41) is 2.35. The van der Waals surface area contributed by atoms with Gasteiger partial charge in [0.05, 0.1) is 5.56 Å². The van der Waals surface area contributed by atoms with Gasteiger partial charge in [0.1, 0.15) is 5.82 Å². The Labute approximate surface area is 118 Å². The second-order valence-corrected chi connectivity index (χ2v) is 4.35. The van der Waals surface area contributed by atoms with Crippen LogP contribution in [-0.4, -0.2) is 5.91 Å². The molecule has 21 heavy (non-hydrogen) atoms. The Morgan fingerprint density at radius 2 is 1.76 bits per heavy atom. The topological polar surface area (TPSA) is 29.1 Å². The van der Waals surface area contributed by atoms with Crippen molar-refractivity contribution in [2.75, 3.05) is 0 Å². The van der Waals surface area contributed by atoms with Gasteiger partial charge in [0.2, 0.25) is 0 Å². The average molecular weight is 297 g/mol. The zero-order valence-electron chi connectivity index (χ0n) is 10.7. The van der Waals surface area contributed by atoms with Crippen LogP contribution in [0.5, 0.6) is 0 Å². The predicted octanol–water partition coefficient (Wildman–Crippen LogP) is 3.77. The third-order valence-corrected chi connectivity index (χ3v) is 2.85. The van der Waals surface area contributed by atoms with Crippen molar-refractivity contribution in [2.24, 2.45) is 0 Å². The Morgan fingerprint density at radius 3 is 2.43 bits per heavy atom. The molecule has 0 aliphatic heterocycles. The fourth-order valence-corrected chi connectivity index (χ4v) is 1.86. The molecule has 2 aromatic rings. The van der Waals surface area contributed by atoms with Gasteiger partial charge in [-0.15, -0.1) is 0 Å². The van der Waals surface area contributed by atoms with E-state index in [1.165, 1.54) is 36.4 Å². The fourth-order valence-electron chi connectivity index (χ4n) is 1.86. The van der Waals surface area contributed by atoms with Crippen LogP contribution in [-0.2, 0) is 12.7 Å². The molecule has 0 radical (unpaired) electrons. The van der Waals surface area contributed by atoms with Crippen LogP contribution in [0.2, 0.25) is 0 Å². The summed E-state index contributed by atoms with van der Waals surface area (Å²) in [5.41, 5.74) is -0.793. The number of hydrogen-bond acceptors (Lipinski definition) is 1. The summed E-state index contributed by atoms with van der Waals surface area (Å²) in [4.78, 5) is 11.8. The summed E-state index contributed by atoms with van der Waals surface area (Å²) >= 11 is 0. The van der Waals surface area contributed by atoms with Crippen molar-refractivity contribution in [3.05, 3.63) is 71.0 Å². The van der Waals surface area contributed by atoms with E-state index in [9.17, 15) is 22.4 Å². The molecule has 0 aliphatic rings. The number of carbonyl (C=O) groups excluding carboxylic acids is 1. The minimum Gasteiger partial charge on any atom is -0.348 e. The van der Waals surface area contributed by atoms with E-state index in [4.69, 9.17) is 0 Å². The maximum absolute atomic E-state index is 13.0. The molecule has 0 unspecified atom stereocenters. The summed E-state index contributed by atoms with van der Waals surface area (Å²) in [5.74, 6) is -1.22. The Balaban J connectivity index is 2.12. The Morgan fingerprint density at radius 1 is 1.05 bits per heavy atom. The molecule has 1 N–H and O–H groups in total. The number of nitrogens with one attached hydrogen (secondary N) is 1. The first-order chi connectivity index (χ1) is 9.88. The molecule has 0 spiro atoms. The molecule has 1 amide bonds. The van der Waals surface area contributed by atoms with Gasteiger partial charge in [0.15, 0.2) is 0 Å². The van der Waals surface area contributed by atoms with Gasteiger partial charge in [-0.1, -0.05) is 24.3 Å². The molecule has 6 heteroatoms. The van der Waals surface area contributed by atoms with Crippen molar-refractivity contribution in [3.63, 3.8) is 0 Å². The molecule has 0 atom stereocenters. The Bertz CT molecular complexity index is 652. The number of hydrogen-bond donors (Lipinski definition) is 1. The van der Waals surface area contributed by atoms with Crippen LogP contribution in [0.25, 0.3) is 0 Å². The maximum Gasteiger partial charge on any atom is 0.416 e. The molecule has 2 nitrogen and oxygen atoms in total. The van der Waals surface area contributed by atoms with E-state index in [2.05, 4.69) is 5.32 Å². The molecule has 0 fully saturated rings. The number of alkyl halides is 3. The third kappa shape index (κ3) is 3.81. The van der Waals surface area contributed by atoms with Crippen LogP contribution < -0.4 is 5.32 Å². The number of halogens is 4. The average Bonchev–Trinajstić information content (AvgIpc) is 2.44. The van der Waals surface area contributed by atoms with E-state index in [-0.39, 0.29) is 17.7 Å². The van der Waals surface area contributed by atoms with E-state index >= 15 is 0 Å². The van der Waals surface area contributed by atoms with Crippen LogP contribution in [0, 0.1) is 5.82 Å². The fraction of sp³-hybridized carbons (Fsp3) is 0.133. The molecule has 0 saturated heterocycles. The Kier molecular flexibility index (Phi) is 4.26. The molecule has 0 aromatic heterocycles. The molecule has 0 saturated carbocycles. The first kappa shape index (κ1) is 15.0. The van der Waals surface area contributed by atoms with E-state index in [1.54, 1.807) is 0 Å². The summed E-state index contributed by atoms with van der Waals surface area (Å²) < 4.78 is 51.3. The SMILES string of the molecule is O=C(NCc1ccccc1C(F)(F)F)c1cccc(F)c1.